The Bertz CT molecular complexity index is 270. The summed E-state index contributed by atoms with van der Waals surface area (Å²) < 4.78 is 0. The third kappa shape index (κ3) is 3.00. The zero-order valence-corrected chi connectivity index (χ0v) is 10.1. The molecule has 0 unspecified atom stereocenters. The summed E-state index contributed by atoms with van der Waals surface area (Å²) in [5, 5.41) is 9.12. The first kappa shape index (κ1) is 13.1. The van der Waals surface area contributed by atoms with Gasteiger partial charge in [0, 0.05) is 19.5 Å². The monoisotopic (exact) mass is 225 g/mol. The van der Waals surface area contributed by atoms with E-state index in [9.17, 15) is 9.59 Å². The Hall–Kier alpha value is -0.995. The Morgan fingerprint density at radius 1 is 1.44 bits per heavy atom. The van der Waals surface area contributed by atoms with Crippen molar-refractivity contribution in [1.29, 1.82) is 0 Å². The van der Waals surface area contributed by atoms with Crippen molar-refractivity contribution in [2.24, 2.45) is 11.8 Å². The van der Waals surface area contributed by atoms with Crippen molar-refractivity contribution in [3.63, 3.8) is 0 Å². The first-order valence-electron chi connectivity index (χ1n) is 6.10. The van der Waals surface area contributed by atoms with E-state index in [-0.39, 0.29) is 17.7 Å². The molecule has 1 rings (SSSR count). The molecule has 0 aromatic heterocycles. The van der Waals surface area contributed by atoms with Gasteiger partial charge in [0.25, 0.3) is 0 Å². The van der Waals surface area contributed by atoms with E-state index in [0.717, 1.165) is 19.2 Å². The van der Waals surface area contributed by atoms with Gasteiger partial charge in [0.05, 0.1) is 5.92 Å². The van der Waals surface area contributed by atoms with Crippen LogP contribution in [0.5, 0.6) is 0 Å². The smallest absolute Gasteiger partial charge is 0.308 e. The lowest BCUT2D eigenvalue weighted by molar-refractivity contribution is -0.142. The second kappa shape index (κ2) is 5.92. The number of carboxylic acid groups (broad SMARTS) is 1. The number of nitrogens with zero attached hydrogens (tertiary/aromatic N) is 1. The molecule has 1 saturated heterocycles. The molecule has 1 aliphatic heterocycles. The zero-order valence-electron chi connectivity index (χ0n) is 10.1. The lowest BCUT2D eigenvalue weighted by atomic mass is 9.88. The Morgan fingerprint density at radius 2 is 2.12 bits per heavy atom. The highest BCUT2D eigenvalue weighted by Gasteiger charge is 2.38. The van der Waals surface area contributed by atoms with Gasteiger partial charge in [0.1, 0.15) is 7.85 Å². The van der Waals surface area contributed by atoms with E-state index >= 15 is 0 Å². The first-order chi connectivity index (χ1) is 7.60. The van der Waals surface area contributed by atoms with Crippen LogP contribution in [-0.2, 0) is 9.59 Å². The van der Waals surface area contributed by atoms with Gasteiger partial charge in [-0.05, 0) is 12.3 Å². The number of carboxylic acids is 1. The fourth-order valence-corrected chi connectivity index (χ4v) is 2.34. The van der Waals surface area contributed by atoms with Gasteiger partial charge in [0.2, 0.25) is 5.91 Å². The molecule has 0 aromatic rings. The fraction of sp³-hybridized carbons (Fsp3) is 0.818. The van der Waals surface area contributed by atoms with Gasteiger partial charge >= 0.3 is 5.97 Å². The number of hydrogen-bond donors (Lipinski definition) is 1. The van der Waals surface area contributed by atoms with Gasteiger partial charge < -0.3 is 10.0 Å². The number of rotatable bonds is 5. The maximum atomic E-state index is 11.5. The average molecular weight is 225 g/mol. The summed E-state index contributed by atoms with van der Waals surface area (Å²) in [5.41, 5.74) is 0. The fourth-order valence-electron chi connectivity index (χ4n) is 2.34. The van der Waals surface area contributed by atoms with Gasteiger partial charge in [-0.2, -0.15) is 0 Å². The van der Waals surface area contributed by atoms with Crippen LogP contribution in [0.4, 0.5) is 0 Å². The third-order valence-electron chi connectivity index (χ3n) is 3.34. The summed E-state index contributed by atoms with van der Waals surface area (Å²) in [6.45, 7) is 2.84. The number of aliphatic carboxylic acids is 1. The van der Waals surface area contributed by atoms with Crippen molar-refractivity contribution in [1.82, 2.24) is 4.90 Å². The van der Waals surface area contributed by atoms with E-state index in [0.29, 0.717) is 19.5 Å². The highest BCUT2D eigenvalue weighted by Crippen LogP contribution is 2.28. The van der Waals surface area contributed by atoms with Gasteiger partial charge in [0.15, 0.2) is 0 Å². The summed E-state index contributed by atoms with van der Waals surface area (Å²) in [5.74, 6) is -0.896. The van der Waals surface area contributed by atoms with Crippen LogP contribution in [0.3, 0.4) is 0 Å². The first-order valence-corrected chi connectivity index (χ1v) is 6.10. The highest BCUT2D eigenvalue weighted by molar-refractivity contribution is 6.08. The zero-order chi connectivity index (χ0) is 12.1. The second-order valence-electron chi connectivity index (χ2n) is 4.50. The SMILES string of the molecule is BCCC[C@H]1CN(C(=O)CC)C[C@H]1C(=O)O. The topological polar surface area (TPSA) is 57.6 Å². The van der Waals surface area contributed by atoms with Crippen molar-refractivity contribution in [3.05, 3.63) is 0 Å². The molecule has 90 valence electrons. The molecule has 1 N–H and O–H groups in total. The van der Waals surface area contributed by atoms with E-state index in [1.54, 1.807) is 4.90 Å². The van der Waals surface area contributed by atoms with Crippen LogP contribution < -0.4 is 0 Å². The molecule has 5 heteroatoms. The van der Waals surface area contributed by atoms with Crippen LogP contribution in [0.25, 0.3) is 0 Å². The molecule has 2 atom stereocenters. The summed E-state index contributed by atoms with van der Waals surface area (Å²) >= 11 is 0. The summed E-state index contributed by atoms with van der Waals surface area (Å²) in [6, 6.07) is 0. The van der Waals surface area contributed by atoms with Crippen LogP contribution in [0.2, 0.25) is 6.32 Å². The van der Waals surface area contributed by atoms with Crippen molar-refractivity contribution >= 4 is 19.7 Å². The molecule has 0 aliphatic carbocycles. The van der Waals surface area contributed by atoms with Crippen molar-refractivity contribution < 1.29 is 14.7 Å². The van der Waals surface area contributed by atoms with Gasteiger partial charge in [-0.25, -0.2) is 0 Å². The molecule has 1 amide bonds. The maximum Gasteiger partial charge on any atom is 0.308 e. The van der Waals surface area contributed by atoms with Gasteiger partial charge in [-0.1, -0.05) is 19.7 Å². The van der Waals surface area contributed by atoms with E-state index in [2.05, 4.69) is 7.85 Å². The number of likely N-dealkylation sites (tertiary alicyclic amines) is 1. The Balaban J connectivity index is 2.60. The van der Waals surface area contributed by atoms with Crippen molar-refractivity contribution in [3.8, 4) is 0 Å². The summed E-state index contributed by atoms with van der Waals surface area (Å²) in [4.78, 5) is 24.3. The predicted octanol–water partition coefficient (Wildman–Crippen LogP) is 0.387. The molecule has 0 spiro atoms. The minimum absolute atomic E-state index is 0.0743. The molecule has 0 radical (unpaired) electrons. The molecule has 1 aliphatic rings. The molecular weight excluding hydrogens is 205 g/mol. The van der Waals surface area contributed by atoms with E-state index in [1.807, 2.05) is 6.92 Å². The number of amides is 1. The molecular formula is C11H20BNO3. The average Bonchev–Trinajstić information content (AvgIpc) is 2.69. The highest BCUT2D eigenvalue weighted by atomic mass is 16.4. The minimum Gasteiger partial charge on any atom is -0.481 e. The largest absolute Gasteiger partial charge is 0.481 e. The maximum absolute atomic E-state index is 11.5. The van der Waals surface area contributed by atoms with E-state index in [4.69, 9.17) is 5.11 Å². The van der Waals surface area contributed by atoms with E-state index in [1.165, 1.54) is 0 Å². The normalized spacial score (nSPS) is 24.7. The Kier molecular flexibility index (Phi) is 4.84. The molecule has 0 aromatic carbocycles. The third-order valence-corrected chi connectivity index (χ3v) is 3.34. The number of carbonyl (C=O) groups is 2. The van der Waals surface area contributed by atoms with Gasteiger partial charge in [-0.15, -0.1) is 0 Å². The predicted molar refractivity (Wildman–Crippen MR) is 64.1 cm³/mol. The molecule has 16 heavy (non-hydrogen) atoms. The molecule has 1 fully saturated rings. The van der Waals surface area contributed by atoms with E-state index < -0.39 is 5.97 Å². The standard InChI is InChI=1S/C11H20BNO3/c1-2-10(14)13-6-8(4-3-5-12)9(7-13)11(15)16/h8-9H,2-7,12H2,1H3,(H,15,16)/t8-,9+/m0/s1. The number of hydrogen-bond acceptors (Lipinski definition) is 2. The summed E-state index contributed by atoms with van der Waals surface area (Å²) in [6.07, 6.45) is 3.50. The molecule has 0 bridgehead atoms. The quantitative estimate of drug-likeness (QED) is 0.688. The Morgan fingerprint density at radius 3 is 2.62 bits per heavy atom. The van der Waals surface area contributed by atoms with Crippen LogP contribution >= 0.6 is 0 Å². The van der Waals surface area contributed by atoms with Gasteiger partial charge in [-0.3, -0.25) is 9.59 Å². The van der Waals surface area contributed by atoms with Crippen molar-refractivity contribution in [2.75, 3.05) is 13.1 Å². The Labute approximate surface area is 97.4 Å². The van der Waals surface area contributed by atoms with Crippen LogP contribution in [-0.4, -0.2) is 42.8 Å². The minimum atomic E-state index is -0.757. The number of carbonyl (C=O) groups excluding carboxylic acids is 1. The van der Waals surface area contributed by atoms with Crippen LogP contribution in [0.15, 0.2) is 0 Å². The molecule has 0 saturated carbocycles. The lowest BCUT2D eigenvalue weighted by Gasteiger charge is -2.14. The molecule has 4 nitrogen and oxygen atoms in total. The molecule has 1 heterocycles. The summed E-state index contributed by atoms with van der Waals surface area (Å²) in [7, 11) is 2.10. The lowest BCUT2D eigenvalue weighted by Crippen LogP contribution is -2.29. The van der Waals surface area contributed by atoms with Crippen LogP contribution in [0.1, 0.15) is 26.2 Å². The van der Waals surface area contributed by atoms with Crippen LogP contribution in [0, 0.1) is 11.8 Å². The second-order valence-corrected chi connectivity index (χ2v) is 4.50. The van der Waals surface area contributed by atoms with Crippen molar-refractivity contribution in [2.45, 2.75) is 32.5 Å².